The highest BCUT2D eigenvalue weighted by Gasteiger charge is 2.16. The molecular weight excluding hydrogens is 245 g/mol. The van der Waals surface area contributed by atoms with Crippen molar-refractivity contribution < 1.29 is 13.9 Å². The molecular formula is C15H20FNO2. The summed E-state index contributed by atoms with van der Waals surface area (Å²) in [5, 5.41) is 0. The molecule has 1 aromatic carbocycles. The Morgan fingerprint density at radius 2 is 2.11 bits per heavy atom. The Morgan fingerprint density at radius 3 is 2.68 bits per heavy atom. The van der Waals surface area contributed by atoms with Crippen LogP contribution in [-0.2, 0) is 4.74 Å². The minimum atomic E-state index is -0.399. The molecule has 3 nitrogen and oxygen atoms in total. The summed E-state index contributed by atoms with van der Waals surface area (Å²) < 4.78 is 24.4. The molecule has 0 radical (unpaired) electrons. The second kappa shape index (κ2) is 7.13. The standard InChI is InChI=1S/C15H20FNO2/c1-15(2,18-3)8-10-19-13-7-6-12(5-4-9-17)14(16)11-13/h6-7,11H,8-10,17H2,1-3H3. The summed E-state index contributed by atoms with van der Waals surface area (Å²) in [6.45, 7) is 4.63. The fraction of sp³-hybridized carbons (Fsp3) is 0.467. The van der Waals surface area contributed by atoms with Crippen LogP contribution < -0.4 is 10.5 Å². The fourth-order valence-corrected chi connectivity index (χ4v) is 1.35. The molecule has 104 valence electrons. The number of halogens is 1. The average molecular weight is 265 g/mol. The van der Waals surface area contributed by atoms with Crippen LogP contribution in [0.2, 0.25) is 0 Å². The van der Waals surface area contributed by atoms with Gasteiger partial charge in [-0.1, -0.05) is 11.8 Å². The van der Waals surface area contributed by atoms with Gasteiger partial charge in [-0.15, -0.1) is 0 Å². The zero-order valence-corrected chi connectivity index (χ0v) is 11.6. The average Bonchev–Trinajstić information content (AvgIpc) is 2.37. The molecule has 0 aliphatic rings. The molecule has 0 unspecified atom stereocenters. The lowest BCUT2D eigenvalue weighted by Crippen LogP contribution is -2.25. The maximum absolute atomic E-state index is 13.7. The van der Waals surface area contributed by atoms with Crippen molar-refractivity contribution in [2.45, 2.75) is 25.9 Å². The molecule has 0 amide bonds. The van der Waals surface area contributed by atoms with E-state index in [1.165, 1.54) is 6.07 Å². The van der Waals surface area contributed by atoms with Gasteiger partial charge >= 0.3 is 0 Å². The quantitative estimate of drug-likeness (QED) is 0.831. The Labute approximate surface area is 113 Å². The maximum atomic E-state index is 13.7. The first-order valence-electron chi connectivity index (χ1n) is 6.15. The van der Waals surface area contributed by atoms with Crippen molar-refractivity contribution >= 4 is 0 Å². The minimum absolute atomic E-state index is 0.212. The summed E-state index contributed by atoms with van der Waals surface area (Å²) in [5.74, 6) is 5.37. The van der Waals surface area contributed by atoms with Crippen molar-refractivity contribution in [2.75, 3.05) is 20.3 Å². The van der Waals surface area contributed by atoms with Crippen LogP contribution in [-0.4, -0.2) is 25.9 Å². The largest absolute Gasteiger partial charge is 0.493 e. The lowest BCUT2D eigenvalue weighted by Gasteiger charge is -2.22. The van der Waals surface area contributed by atoms with Crippen molar-refractivity contribution in [3.05, 3.63) is 29.6 Å². The van der Waals surface area contributed by atoms with Crippen LogP contribution in [0.5, 0.6) is 5.75 Å². The van der Waals surface area contributed by atoms with Gasteiger partial charge in [-0.2, -0.15) is 0 Å². The van der Waals surface area contributed by atoms with E-state index < -0.39 is 5.82 Å². The van der Waals surface area contributed by atoms with Crippen molar-refractivity contribution in [3.63, 3.8) is 0 Å². The molecule has 19 heavy (non-hydrogen) atoms. The van der Waals surface area contributed by atoms with Gasteiger partial charge in [0.05, 0.1) is 24.3 Å². The molecule has 0 atom stereocenters. The Bertz CT molecular complexity index is 475. The van der Waals surface area contributed by atoms with E-state index in [4.69, 9.17) is 15.2 Å². The van der Waals surface area contributed by atoms with Crippen LogP contribution in [0.15, 0.2) is 18.2 Å². The van der Waals surface area contributed by atoms with Crippen LogP contribution in [0.4, 0.5) is 4.39 Å². The van der Waals surface area contributed by atoms with Gasteiger partial charge in [0.2, 0.25) is 0 Å². The van der Waals surface area contributed by atoms with Crippen molar-refractivity contribution in [1.29, 1.82) is 0 Å². The van der Waals surface area contributed by atoms with Gasteiger partial charge in [0.1, 0.15) is 11.6 Å². The van der Waals surface area contributed by atoms with Crippen molar-refractivity contribution in [2.24, 2.45) is 5.73 Å². The van der Waals surface area contributed by atoms with Gasteiger partial charge in [0, 0.05) is 19.6 Å². The maximum Gasteiger partial charge on any atom is 0.142 e. The molecule has 1 aromatic rings. The Balaban J connectivity index is 2.59. The van der Waals surface area contributed by atoms with E-state index in [9.17, 15) is 4.39 Å². The lowest BCUT2D eigenvalue weighted by molar-refractivity contribution is 0.00544. The van der Waals surface area contributed by atoms with Gasteiger partial charge < -0.3 is 15.2 Å². The van der Waals surface area contributed by atoms with Crippen LogP contribution >= 0.6 is 0 Å². The van der Waals surface area contributed by atoms with E-state index >= 15 is 0 Å². The molecule has 0 fully saturated rings. The minimum Gasteiger partial charge on any atom is -0.493 e. The molecule has 0 spiro atoms. The number of hydrogen-bond acceptors (Lipinski definition) is 3. The van der Waals surface area contributed by atoms with E-state index in [2.05, 4.69) is 11.8 Å². The fourth-order valence-electron chi connectivity index (χ4n) is 1.35. The number of nitrogens with two attached hydrogens (primary N) is 1. The molecule has 4 heteroatoms. The second-order valence-electron chi connectivity index (χ2n) is 4.71. The SMILES string of the molecule is COC(C)(C)CCOc1ccc(C#CCN)c(F)c1. The molecule has 0 aliphatic carbocycles. The zero-order chi connectivity index (χ0) is 14.3. The highest BCUT2D eigenvalue weighted by atomic mass is 19.1. The predicted octanol–water partition coefficient (Wildman–Crippen LogP) is 2.33. The third-order valence-corrected chi connectivity index (χ3v) is 2.79. The van der Waals surface area contributed by atoms with Gasteiger partial charge in [0.25, 0.3) is 0 Å². The molecule has 0 heterocycles. The van der Waals surface area contributed by atoms with Crippen LogP contribution in [0.1, 0.15) is 25.8 Å². The number of hydrogen-bond donors (Lipinski definition) is 1. The summed E-state index contributed by atoms with van der Waals surface area (Å²) >= 11 is 0. The molecule has 0 saturated carbocycles. The van der Waals surface area contributed by atoms with E-state index in [1.807, 2.05) is 13.8 Å². The summed E-state index contributed by atoms with van der Waals surface area (Å²) in [6, 6.07) is 4.62. The summed E-state index contributed by atoms with van der Waals surface area (Å²) in [4.78, 5) is 0. The first-order chi connectivity index (χ1) is 8.98. The number of rotatable bonds is 5. The van der Waals surface area contributed by atoms with Crippen LogP contribution in [0.25, 0.3) is 0 Å². The topological polar surface area (TPSA) is 44.5 Å². The van der Waals surface area contributed by atoms with E-state index in [1.54, 1.807) is 19.2 Å². The van der Waals surface area contributed by atoms with E-state index in [-0.39, 0.29) is 12.1 Å². The third kappa shape index (κ3) is 5.29. The highest BCUT2D eigenvalue weighted by molar-refractivity contribution is 5.39. The van der Waals surface area contributed by atoms with Gasteiger partial charge in [-0.3, -0.25) is 0 Å². The van der Waals surface area contributed by atoms with E-state index in [0.717, 1.165) is 6.42 Å². The second-order valence-corrected chi connectivity index (χ2v) is 4.71. The smallest absolute Gasteiger partial charge is 0.142 e. The van der Waals surface area contributed by atoms with Crippen molar-refractivity contribution in [3.8, 4) is 17.6 Å². The number of benzene rings is 1. The molecule has 0 aromatic heterocycles. The summed E-state index contributed by atoms with van der Waals surface area (Å²) in [7, 11) is 1.66. The molecule has 0 saturated heterocycles. The summed E-state index contributed by atoms with van der Waals surface area (Å²) in [5.41, 5.74) is 5.33. The number of methoxy groups -OCH3 is 1. The number of ether oxygens (including phenoxy) is 2. The normalized spacial score (nSPS) is 10.8. The predicted molar refractivity (Wildman–Crippen MR) is 73.5 cm³/mol. The Morgan fingerprint density at radius 1 is 1.37 bits per heavy atom. The van der Waals surface area contributed by atoms with Crippen molar-refractivity contribution in [1.82, 2.24) is 0 Å². The third-order valence-electron chi connectivity index (χ3n) is 2.79. The van der Waals surface area contributed by atoms with Crippen LogP contribution in [0.3, 0.4) is 0 Å². The Kier molecular flexibility index (Phi) is 5.81. The molecule has 0 aliphatic heterocycles. The zero-order valence-electron chi connectivity index (χ0n) is 11.6. The van der Waals surface area contributed by atoms with Crippen LogP contribution in [0, 0.1) is 17.7 Å². The lowest BCUT2D eigenvalue weighted by atomic mass is 10.1. The first-order valence-corrected chi connectivity index (χ1v) is 6.15. The highest BCUT2D eigenvalue weighted by Crippen LogP contribution is 2.18. The van der Waals surface area contributed by atoms with E-state index in [0.29, 0.717) is 17.9 Å². The summed E-state index contributed by atoms with van der Waals surface area (Å²) in [6.07, 6.45) is 0.722. The first kappa shape index (κ1) is 15.5. The van der Waals surface area contributed by atoms with Gasteiger partial charge in [-0.05, 0) is 26.0 Å². The molecule has 0 bridgehead atoms. The molecule has 1 rings (SSSR count). The van der Waals surface area contributed by atoms with Gasteiger partial charge in [0.15, 0.2) is 0 Å². The molecule has 2 N–H and O–H groups in total. The van der Waals surface area contributed by atoms with Gasteiger partial charge in [-0.25, -0.2) is 4.39 Å². The monoisotopic (exact) mass is 265 g/mol. The Hall–Kier alpha value is -1.57.